The summed E-state index contributed by atoms with van der Waals surface area (Å²) >= 11 is 0. The van der Waals surface area contributed by atoms with E-state index in [4.69, 9.17) is 8.53 Å². The number of anilines is 3. The highest BCUT2D eigenvalue weighted by Gasteiger charge is 2.22. The molecule has 2 heteroatoms. The highest BCUT2D eigenvalue weighted by Crippen LogP contribution is 2.47. The second-order valence-electron chi connectivity index (χ2n) is 13.9. The monoisotopic (exact) mass is 721 g/mol. The fraction of sp³-hybridized carbons (Fsp3) is 0. The molecule has 0 spiro atoms. The highest BCUT2D eigenvalue weighted by atomic mass is 16.3. The van der Waals surface area contributed by atoms with Gasteiger partial charge in [0.1, 0.15) is 11.2 Å². The Morgan fingerprint density at radius 1 is 0.411 bits per heavy atom. The largest absolute Gasteiger partial charge is 0.455 e. The first kappa shape index (κ1) is 24.8. The van der Waals surface area contributed by atoms with E-state index in [0.717, 1.165) is 43.8 Å². The van der Waals surface area contributed by atoms with Gasteiger partial charge >= 0.3 is 0 Å². The third-order valence-corrected chi connectivity index (χ3v) is 10.6. The Labute approximate surface area is 336 Å². The van der Waals surface area contributed by atoms with E-state index in [1.54, 1.807) is 0 Å². The molecular weight excluding hydrogens is 679 g/mol. The number of hydrogen-bond donors (Lipinski definition) is 0. The lowest BCUT2D eigenvalue weighted by molar-refractivity contribution is 0.672. The summed E-state index contributed by atoms with van der Waals surface area (Å²) in [5, 5.41) is 4.44. The van der Waals surface area contributed by atoms with Crippen molar-refractivity contribution in [2.24, 2.45) is 0 Å². The lowest BCUT2D eigenvalue weighted by Crippen LogP contribution is -2.10. The van der Waals surface area contributed by atoms with Crippen molar-refractivity contribution in [2.75, 3.05) is 4.90 Å². The van der Waals surface area contributed by atoms with Crippen molar-refractivity contribution in [3.63, 3.8) is 0 Å². The number of fused-ring (bicyclic) bond motifs is 7. The molecule has 0 fully saturated rings. The number of rotatable bonds is 6. The Hall–Kier alpha value is -7.42. The molecule has 0 atom stereocenters. The van der Waals surface area contributed by atoms with Crippen molar-refractivity contribution in [3.05, 3.63) is 212 Å². The van der Waals surface area contributed by atoms with Gasteiger partial charge in [0.2, 0.25) is 0 Å². The molecule has 0 saturated heterocycles. The first-order valence-corrected chi connectivity index (χ1v) is 18.5. The van der Waals surface area contributed by atoms with Crippen LogP contribution in [0.1, 0.15) is 11.0 Å². The van der Waals surface area contributed by atoms with Gasteiger partial charge in [-0.25, -0.2) is 0 Å². The molecule has 1 heterocycles. The third kappa shape index (κ3) is 5.42. The van der Waals surface area contributed by atoms with Crippen LogP contribution < -0.4 is 4.90 Å². The zero-order valence-corrected chi connectivity index (χ0v) is 29.9. The molecule has 11 aromatic rings. The van der Waals surface area contributed by atoms with Crippen molar-refractivity contribution >= 4 is 71.3 Å². The van der Waals surface area contributed by atoms with Crippen LogP contribution in [0.2, 0.25) is 0 Å². The first-order chi connectivity index (χ1) is 31.1. The summed E-state index contributed by atoms with van der Waals surface area (Å²) in [6.45, 7) is 0. The molecule has 10 aromatic carbocycles. The molecule has 0 aliphatic carbocycles. The van der Waals surface area contributed by atoms with Crippen molar-refractivity contribution < 1.29 is 15.4 Å². The predicted octanol–water partition coefficient (Wildman–Crippen LogP) is 15.5. The van der Waals surface area contributed by atoms with Crippen LogP contribution in [0.4, 0.5) is 17.1 Å². The molecule has 0 saturated carbocycles. The van der Waals surface area contributed by atoms with E-state index < -0.39 is 18.1 Å². The maximum atomic E-state index is 10.1. The Balaban J connectivity index is 1.21. The topological polar surface area (TPSA) is 16.4 Å². The smallest absolute Gasteiger partial charge is 0.143 e. The van der Waals surface area contributed by atoms with Crippen LogP contribution in [-0.4, -0.2) is 0 Å². The fourth-order valence-corrected chi connectivity index (χ4v) is 7.85. The van der Waals surface area contributed by atoms with Gasteiger partial charge in [-0.05, 0) is 103 Å². The van der Waals surface area contributed by atoms with Gasteiger partial charge in [0.25, 0.3) is 0 Å². The van der Waals surface area contributed by atoms with E-state index in [0.29, 0.717) is 16.9 Å². The summed E-state index contributed by atoms with van der Waals surface area (Å²) in [4.78, 5) is 1.87. The minimum atomic E-state index is -0.472. The summed E-state index contributed by atoms with van der Waals surface area (Å²) in [6.07, 6.45) is 0. The van der Waals surface area contributed by atoms with Gasteiger partial charge in [-0.2, -0.15) is 0 Å². The second kappa shape index (κ2) is 13.2. The van der Waals surface area contributed by atoms with Crippen LogP contribution >= 0.6 is 0 Å². The number of furan rings is 1. The van der Waals surface area contributed by atoms with Crippen LogP contribution in [-0.2, 0) is 0 Å². The SMILES string of the molecule is [2H]c1c([2H])c(N(c2ccc3ccccc3c2)c2ccc3ccccc3c2)c2c(oc3c4c([2H])c([2H])c([2H])c([2H])c4c(-c4ccc(-c5ccc(-c6ccccc6)cc5)cc4)c([2H])c32)c1[2H]. The van der Waals surface area contributed by atoms with Crippen LogP contribution in [0.25, 0.3) is 87.6 Å². The maximum Gasteiger partial charge on any atom is 0.143 e. The van der Waals surface area contributed by atoms with E-state index in [1.807, 2.05) is 132 Å². The van der Waals surface area contributed by atoms with Gasteiger partial charge in [-0.3, -0.25) is 0 Å². The molecule has 0 unspecified atom stereocenters. The zero-order chi connectivity index (χ0) is 44.0. The third-order valence-electron chi connectivity index (χ3n) is 10.6. The Morgan fingerprint density at radius 3 is 1.54 bits per heavy atom. The standard InChI is InChI=1S/C54H35NO/c1-2-11-36(12-3-1)39-21-23-40(24-22-39)41-25-27-42(28-26-41)49-35-50-53-51(19-10-20-52(53)56-54(50)48-18-9-8-17-47(48)49)55(45-31-29-37-13-4-6-15-43(37)33-45)46-32-30-38-14-5-7-16-44(38)34-46/h1-35H/i8D,9D,10D,17D,18D,19D,20D,35D. The van der Waals surface area contributed by atoms with Crippen molar-refractivity contribution in [1.82, 2.24) is 0 Å². The molecule has 262 valence electrons. The van der Waals surface area contributed by atoms with Gasteiger partial charge in [0, 0.05) is 22.1 Å². The van der Waals surface area contributed by atoms with Gasteiger partial charge in [0.05, 0.1) is 22.0 Å². The van der Waals surface area contributed by atoms with E-state index >= 15 is 0 Å². The lowest BCUT2D eigenvalue weighted by Gasteiger charge is -2.27. The van der Waals surface area contributed by atoms with E-state index in [9.17, 15) is 6.85 Å². The van der Waals surface area contributed by atoms with Crippen molar-refractivity contribution in [3.8, 4) is 33.4 Å². The second-order valence-corrected chi connectivity index (χ2v) is 13.9. The quantitative estimate of drug-likeness (QED) is 0.170. The molecule has 2 nitrogen and oxygen atoms in total. The van der Waals surface area contributed by atoms with E-state index in [-0.39, 0.29) is 74.2 Å². The summed E-state index contributed by atoms with van der Waals surface area (Å²) < 4.78 is 80.8. The molecule has 0 amide bonds. The minimum Gasteiger partial charge on any atom is -0.455 e. The Kier molecular flexibility index (Phi) is 5.83. The van der Waals surface area contributed by atoms with Crippen molar-refractivity contribution in [1.29, 1.82) is 0 Å². The number of hydrogen-bond acceptors (Lipinski definition) is 2. The summed E-state index contributed by atoms with van der Waals surface area (Å²) in [5.74, 6) is 0. The van der Waals surface area contributed by atoms with E-state index in [2.05, 4.69) is 36.4 Å². The highest BCUT2D eigenvalue weighted by molar-refractivity contribution is 6.22. The fourth-order valence-electron chi connectivity index (χ4n) is 7.85. The Morgan fingerprint density at radius 2 is 0.929 bits per heavy atom. The van der Waals surface area contributed by atoms with Crippen LogP contribution in [0.3, 0.4) is 0 Å². The summed E-state index contributed by atoms with van der Waals surface area (Å²) in [6, 6.07) is 51.0. The molecule has 0 aliphatic rings. The van der Waals surface area contributed by atoms with Gasteiger partial charge in [-0.15, -0.1) is 0 Å². The van der Waals surface area contributed by atoms with Gasteiger partial charge < -0.3 is 9.32 Å². The molecule has 0 aliphatic heterocycles. The van der Waals surface area contributed by atoms with Gasteiger partial charge in [-0.1, -0.05) is 170 Å². The number of benzene rings is 10. The van der Waals surface area contributed by atoms with Gasteiger partial charge in [0.15, 0.2) is 0 Å². The normalized spacial score (nSPS) is 13.6. The lowest BCUT2D eigenvalue weighted by atomic mass is 9.93. The number of nitrogens with zero attached hydrogens (tertiary/aromatic N) is 1. The van der Waals surface area contributed by atoms with Crippen LogP contribution in [0.5, 0.6) is 0 Å². The maximum absolute atomic E-state index is 10.1. The van der Waals surface area contributed by atoms with Crippen LogP contribution in [0.15, 0.2) is 217 Å². The van der Waals surface area contributed by atoms with Crippen molar-refractivity contribution in [2.45, 2.75) is 0 Å². The molecule has 1 aromatic heterocycles. The summed E-state index contributed by atoms with van der Waals surface area (Å²) in [7, 11) is 0. The molecule has 11 rings (SSSR count). The Bertz CT molecular complexity index is 3620. The average molecular weight is 722 g/mol. The summed E-state index contributed by atoms with van der Waals surface area (Å²) in [5.41, 5.74) is 6.34. The zero-order valence-electron chi connectivity index (χ0n) is 37.9. The molecule has 0 bridgehead atoms. The molecule has 56 heavy (non-hydrogen) atoms. The average Bonchev–Trinajstić information content (AvgIpc) is 3.74. The van der Waals surface area contributed by atoms with Crippen LogP contribution in [0, 0.1) is 0 Å². The molecule has 0 radical (unpaired) electrons. The van der Waals surface area contributed by atoms with E-state index in [1.165, 1.54) is 0 Å². The first-order valence-electron chi connectivity index (χ1n) is 22.5. The predicted molar refractivity (Wildman–Crippen MR) is 237 cm³/mol. The molecule has 0 N–H and O–H groups in total. The molecular formula is C54H35NO. The minimum absolute atomic E-state index is 0.0161.